The van der Waals surface area contributed by atoms with Gasteiger partial charge in [-0.05, 0) is 56.8 Å². The molecule has 4 nitrogen and oxygen atoms in total. The first-order valence-corrected chi connectivity index (χ1v) is 8.02. The maximum Gasteiger partial charge on any atom is 0.313 e. The second-order valence-electron chi connectivity index (χ2n) is 7.04. The molecule has 0 aromatic carbocycles. The summed E-state index contributed by atoms with van der Waals surface area (Å²) in [7, 11) is 2.89. The number of carbonyl (C=O) groups excluding carboxylic acids is 2. The van der Waals surface area contributed by atoms with Gasteiger partial charge in [-0.15, -0.1) is 0 Å². The number of carbonyl (C=O) groups is 2. The van der Waals surface area contributed by atoms with Crippen LogP contribution in [0.25, 0.3) is 0 Å². The molecule has 0 heterocycles. The van der Waals surface area contributed by atoms with Gasteiger partial charge in [0.1, 0.15) is 0 Å². The average Bonchev–Trinajstić information content (AvgIpc) is 2.89. The molecule has 21 heavy (non-hydrogen) atoms. The zero-order chi connectivity index (χ0) is 14.8. The van der Waals surface area contributed by atoms with Gasteiger partial charge in [0.05, 0.1) is 25.0 Å². The minimum atomic E-state index is -0.626. The highest BCUT2D eigenvalue weighted by Gasteiger charge is 2.85. The standard InChI is InChI=1S/C17H22O4/c1-20-14(18)16-9-17(16,15(19)21-2)13-8-4-6-11(13)10-5-3-7-12(10)16/h12-13H,3-9H2,1-2H3/t12-,13+,16+,17-. The molecule has 0 aromatic heterocycles. The van der Waals surface area contributed by atoms with E-state index >= 15 is 0 Å². The van der Waals surface area contributed by atoms with E-state index < -0.39 is 10.8 Å². The summed E-state index contributed by atoms with van der Waals surface area (Å²) in [6.45, 7) is 0. The molecule has 114 valence electrons. The van der Waals surface area contributed by atoms with Crippen LogP contribution < -0.4 is 0 Å². The van der Waals surface area contributed by atoms with Crippen LogP contribution in [0.15, 0.2) is 11.1 Å². The summed E-state index contributed by atoms with van der Waals surface area (Å²) in [5.41, 5.74) is 1.72. The molecule has 3 fully saturated rings. The fourth-order valence-corrected chi connectivity index (χ4v) is 5.97. The Labute approximate surface area is 124 Å². The van der Waals surface area contributed by atoms with E-state index in [0.29, 0.717) is 6.42 Å². The Kier molecular flexibility index (Phi) is 2.61. The van der Waals surface area contributed by atoms with Gasteiger partial charge in [-0.2, -0.15) is 0 Å². The van der Waals surface area contributed by atoms with Gasteiger partial charge in [0.2, 0.25) is 0 Å². The van der Waals surface area contributed by atoms with E-state index in [0.717, 1.165) is 38.5 Å². The number of allylic oxidation sites excluding steroid dienone is 2. The molecule has 4 heteroatoms. The molecule has 0 radical (unpaired) electrons. The normalized spacial score (nSPS) is 43.0. The van der Waals surface area contributed by atoms with Gasteiger partial charge >= 0.3 is 11.9 Å². The Morgan fingerprint density at radius 2 is 1.33 bits per heavy atom. The molecule has 0 bridgehead atoms. The van der Waals surface area contributed by atoms with Gasteiger partial charge in [0.25, 0.3) is 0 Å². The fourth-order valence-electron chi connectivity index (χ4n) is 5.97. The highest BCUT2D eigenvalue weighted by Crippen LogP contribution is 2.80. The van der Waals surface area contributed by atoms with Crippen LogP contribution in [0, 0.1) is 22.7 Å². The predicted octanol–water partition coefficient (Wildman–Crippen LogP) is 2.62. The summed E-state index contributed by atoms with van der Waals surface area (Å²) in [5, 5.41) is 0. The van der Waals surface area contributed by atoms with Gasteiger partial charge in [0.15, 0.2) is 0 Å². The Hall–Kier alpha value is -1.32. The minimum absolute atomic E-state index is 0.191. The van der Waals surface area contributed by atoms with E-state index in [4.69, 9.17) is 9.47 Å². The number of methoxy groups -OCH3 is 2. The van der Waals surface area contributed by atoms with Crippen molar-refractivity contribution in [3.05, 3.63) is 11.1 Å². The van der Waals surface area contributed by atoms with Gasteiger partial charge < -0.3 is 9.47 Å². The highest BCUT2D eigenvalue weighted by molar-refractivity contribution is 5.97. The SMILES string of the molecule is COC(=O)[C@]12C[C@@]1(C(=O)OC)[C@@H]1CCCC1=C1CCC[C@@H]12. The van der Waals surface area contributed by atoms with Gasteiger partial charge in [-0.1, -0.05) is 11.1 Å². The molecular weight excluding hydrogens is 268 g/mol. The van der Waals surface area contributed by atoms with Crippen LogP contribution in [0.2, 0.25) is 0 Å². The van der Waals surface area contributed by atoms with Crippen LogP contribution in [-0.4, -0.2) is 26.2 Å². The molecule has 0 saturated heterocycles. The Balaban J connectivity index is 1.91. The lowest BCUT2D eigenvalue weighted by molar-refractivity contribution is -0.162. The topological polar surface area (TPSA) is 52.6 Å². The molecule has 0 aromatic rings. The van der Waals surface area contributed by atoms with Crippen molar-refractivity contribution in [3.63, 3.8) is 0 Å². The number of ether oxygens (including phenoxy) is 2. The number of esters is 2. The van der Waals surface area contributed by atoms with E-state index in [1.165, 1.54) is 25.4 Å². The molecule has 0 N–H and O–H groups in total. The maximum atomic E-state index is 12.6. The molecule has 4 rings (SSSR count). The predicted molar refractivity (Wildman–Crippen MR) is 75.2 cm³/mol. The number of rotatable bonds is 2. The smallest absolute Gasteiger partial charge is 0.313 e. The second kappa shape index (κ2) is 4.11. The zero-order valence-electron chi connectivity index (χ0n) is 12.7. The first-order valence-electron chi connectivity index (χ1n) is 8.02. The van der Waals surface area contributed by atoms with Crippen LogP contribution in [0.5, 0.6) is 0 Å². The van der Waals surface area contributed by atoms with Crippen molar-refractivity contribution in [2.75, 3.05) is 14.2 Å². The number of hydrogen-bond donors (Lipinski definition) is 0. The van der Waals surface area contributed by atoms with Crippen molar-refractivity contribution in [2.45, 2.75) is 44.9 Å². The van der Waals surface area contributed by atoms with Crippen molar-refractivity contribution < 1.29 is 19.1 Å². The summed E-state index contributed by atoms with van der Waals surface area (Å²) >= 11 is 0. The Morgan fingerprint density at radius 1 is 0.905 bits per heavy atom. The largest absolute Gasteiger partial charge is 0.469 e. The van der Waals surface area contributed by atoms with Crippen LogP contribution in [0.3, 0.4) is 0 Å². The summed E-state index contributed by atoms with van der Waals surface area (Å²) in [4.78, 5) is 25.3. The van der Waals surface area contributed by atoms with Gasteiger partial charge in [-0.3, -0.25) is 9.59 Å². The summed E-state index contributed by atoms with van der Waals surface area (Å²) in [6, 6.07) is 0. The van der Waals surface area contributed by atoms with E-state index in [1.54, 1.807) is 0 Å². The summed E-state index contributed by atoms with van der Waals surface area (Å²) < 4.78 is 10.3. The van der Waals surface area contributed by atoms with Crippen LogP contribution >= 0.6 is 0 Å². The molecule has 3 saturated carbocycles. The third-order valence-electron chi connectivity index (χ3n) is 6.65. The third-order valence-corrected chi connectivity index (χ3v) is 6.65. The lowest BCUT2D eigenvalue weighted by atomic mass is 9.65. The molecule has 0 spiro atoms. The Morgan fingerprint density at radius 3 is 1.71 bits per heavy atom. The van der Waals surface area contributed by atoms with E-state index in [9.17, 15) is 9.59 Å². The molecule has 4 atom stereocenters. The minimum Gasteiger partial charge on any atom is -0.469 e. The summed E-state index contributed by atoms with van der Waals surface area (Å²) in [5.74, 6) is 0.0494. The van der Waals surface area contributed by atoms with Crippen LogP contribution in [-0.2, 0) is 19.1 Å². The second-order valence-corrected chi connectivity index (χ2v) is 7.04. The number of fused-ring (bicyclic) bond motifs is 5. The van der Waals surface area contributed by atoms with Crippen molar-refractivity contribution in [1.82, 2.24) is 0 Å². The molecule has 0 unspecified atom stereocenters. The fraction of sp³-hybridized carbons (Fsp3) is 0.765. The van der Waals surface area contributed by atoms with Crippen LogP contribution in [0.4, 0.5) is 0 Å². The molecule has 0 aliphatic heterocycles. The highest BCUT2D eigenvalue weighted by atomic mass is 16.5. The average molecular weight is 290 g/mol. The van der Waals surface area contributed by atoms with Crippen molar-refractivity contribution >= 4 is 11.9 Å². The summed E-state index contributed by atoms with van der Waals surface area (Å²) in [6.07, 6.45) is 7.12. The van der Waals surface area contributed by atoms with Crippen molar-refractivity contribution in [1.29, 1.82) is 0 Å². The molecular formula is C17H22O4. The quantitative estimate of drug-likeness (QED) is 0.579. The van der Waals surface area contributed by atoms with Crippen molar-refractivity contribution in [2.24, 2.45) is 22.7 Å². The monoisotopic (exact) mass is 290 g/mol. The first kappa shape index (κ1) is 13.4. The van der Waals surface area contributed by atoms with E-state index in [2.05, 4.69) is 0 Å². The maximum absolute atomic E-state index is 12.6. The molecule has 4 aliphatic rings. The zero-order valence-corrected chi connectivity index (χ0v) is 12.7. The van der Waals surface area contributed by atoms with E-state index in [-0.39, 0.29) is 23.8 Å². The van der Waals surface area contributed by atoms with Gasteiger partial charge in [0, 0.05) is 0 Å². The lowest BCUT2D eigenvalue weighted by Gasteiger charge is -2.38. The van der Waals surface area contributed by atoms with Crippen LogP contribution in [0.1, 0.15) is 44.9 Å². The molecule has 0 amide bonds. The Bertz CT molecular complexity index is 515. The van der Waals surface area contributed by atoms with E-state index in [1.807, 2.05) is 0 Å². The van der Waals surface area contributed by atoms with Crippen molar-refractivity contribution in [3.8, 4) is 0 Å². The van der Waals surface area contributed by atoms with Gasteiger partial charge in [-0.25, -0.2) is 0 Å². The lowest BCUT2D eigenvalue weighted by Crippen LogP contribution is -2.43. The number of hydrogen-bond acceptors (Lipinski definition) is 4. The third kappa shape index (κ3) is 1.28. The first-order chi connectivity index (χ1) is 10.1. The molecule has 4 aliphatic carbocycles.